The number of hydrogen-bond acceptors (Lipinski definition) is 2. The van der Waals surface area contributed by atoms with Crippen LogP contribution < -0.4 is 0 Å². The third kappa shape index (κ3) is 2.66. The van der Waals surface area contributed by atoms with E-state index in [0.717, 1.165) is 16.8 Å². The smallest absolute Gasteiger partial charge is 0.335 e. The minimum Gasteiger partial charge on any atom is -0.478 e. The van der Waals surface area contributed by atoms with Gasteiger partial charge in [-0.15, -0.1) is 0 Å². The van der Waals surface area contributed by atoms with E-state index in [4.69, 9.17) is 16.7 Å². The summed E-state index contributed by atoms with van der Waals surface area (Å²) in [6.45, 7) is 0. The van der Waals surface area contributed by atoms with Crippen LogP contribution in [0.15, 0.2) is 61.2 Å². The molecule has 2 aromatic carbocycles. The summed E-state index contributed by atoms with van der Waals surface area (Å²) in [6.07, 6.45) is 5.24. The summed E-state index contributed by atoms with van der Waals surface area (Å²) in [5.74, 6) is -0.942. The van der Waals surface area contributed by atoms with Crippen LogP contribution in [0, 0.1) is 0 Å². The third-order valence-electron chi connectivity index (χ3n) is 3.20. The molecule has 0 aliphatic carbocycles. The lowest BCUT2D eigenvalue weighted by molar-refractivity contribution is 0.0697. The average molecular weight is 299 g/mol. The molecule has 0 spiro atoms. The van der Waals surface area contributed by atoms with E-state index in [0.29, 0.717) is 5.02 Å². The summed E-state index contributed by atoms with van der Waals surface area (Å²) >= 11 is 6.33. The molecule has 21 heavy (non-hydrogen) atoms. The van der Waals surface area contributed by atoms with Crippen LogP contribution in [-0.2, 0) is 0 Å². The van der Waals surface area contributed by atoms with Gasteiger partial charge in [0, 0.05) is 23.6 Å². The maximum Gasteiger partial charge on any atom is 0.335 e. The molecule has 0 aliphatic heterocycles. The van der Waals surface area contributed by atoms with Gasteiger partial charge in [0.2, 0.25) is 0 Å². The minimum atomic E-state index is -0.942. The summed E-state index contributed by atoms with van der Waals surface area (Å²) in [7, 11) is 0. The van der Waals surface area contributed by atoms with Gasteiger partial charge >= 0.3 is 5.97 Å². The van der Waals surface area contributed by atoms with E-state index in [2.05, 4.69) is 4.98 Å². The minimum absolute atomic E-state index is 0.255. The lowest BCUT2D eigenvalue weighted by atomic mass is 10.0. The standard InChI is InChI=1S/C16H11ClN2O2/c17-15-9-13(19-8-7-18-10-19)5-6-14(15)11-1-3-12(4-2-11)16(20)21/h1-10H,(H,20,21). The Hall–Kier alpha value is -2.59. The molecule has 3 aromatic rings. The van der Waals surface area contributed by atoms with Crippen LogP contribution in [0.25, 0.3) is 16.8 Å². The van der Waals surface area contributed by atoms with Crippen LogP contribution in [0.1, 0.15) is 10.4 Å². The second-order valence-corrected chi connectivity index (χ2v) is 4.92. The first-order valence-electron chi connectivity index (χ1n) is 6.27. The molecule has 0 saturated carbocycles. The van der Waals surface area contributed by atoms with Crippen molar-refractivity contribution in [1.82, 2.24) is 9.55 Å². The first kappa shape index (κ1) is 13.4. The zero-order valence-electron chi connectivity index (χ0n) is 10.9. The summed E-state index contributed by atoms with van der Waals surface area (Å²) in [5.41, 5.74) is 2.91. The number of carbonyl (C=O) groups is 1. The van der Waals surface area contributed by atoms with Gasteiger partial charge in [0.1, 0.15) is 0 Å². The molecule has 0 atom stereocenters. The van der Waals surface area contributed by atoms with Crippen molar-refractivity contribution in [2.45, 2.75) is 0 Å². The fraction of sp³-hybridized carbons (Fsp3) is 0. The van der Waals surface area contributed by atoms with Crippen molar-refractivity contribution in [3.63, 3.8) is 0 Å². The van der Waals surface area contributed by atoms with Gasteiger partial charge in [-0.25, -0.2) is 9.78 Å². The van der Waals surface area contributed by atoms with E-state index < -0.39 is 5.97 Å². The number of imidazole rings is 1. The molecule has 1 aromatic heterocycles. The lowest BCUT2D eigenvalue weighted by Gasteiger charge is -2.08. The number of benzene rings is 2. The highest BCUT2D eigenvalue weighted by Crippen LogP contribution is 2.30. The number of aromatic nitrogens is 2. The molecule has 5 heteroatoms. The summed E-state index contributed by atoms with van der Waals surface area (Å²) in [4.78, 5) is 14.9. The Kier molecular flexibility index (Phi) is 3.46. The number of rotatable bonds is 3. The molecule has 4 nitrogen and oxygen atoms in total. The highest BCUT2D eigenvalue weighted by molar-refractivity contribution is 6.33. The fourth-order valence-corrected chi connectivity index (χ4v) is 2.39. The average Bonchev–Trinajstić information content (AvgIpc) is 3.01. The molecule has 0 bridgehead atoms. The summed E-state index contributed by atoms with van der Waals surface area (Å²) in [6, 6.07) is 12.3. The predicted octanol–water partition coefficient (Wildman–Crippen LogP) is 3.89. The number of hydrogen-bond donors (Lipinski definition) is 1. The van der Waals surface area contributed by atoms with Crippen LogP contribution in [0.5, 0.6) is 0 Å². The quantitative estimate of drug-likeness (QED) is 0.798. The Balaban J connectivity index is 1.97. The second kappa shape index (κ2) is 5.42. The first-order valence-corrected chi connectivity index (χ1v) is 6.64. The maximum absolute atomic E-state index is 10.9. The van der Waals surface area contributed by atoms with E-state index in [1.54, 1.807) is 36.8 Å². The van der Waals surface area contributed by atoms with E-state index in [-0.39, 0.29) is 5.56 Å². The number of carboxylic acid groups (broad SMARTS) is 1. The largest absolute Gasteiger partial charge is 0.478 e. The van der Waals surface area contributed by atoms with Gasteiger partial charge in [0.25, 0.3) is 0 Å². The fourth-order valence-electron chi connectivity index (χ4n) is 2.10. The van der Waals surface area contributed by atoms with Crippen molar-refractivity contribution in [3.05, 3.63) is 71.8 Å². The van der Waals surface area contributed by atoms with Gasteiger partial charge in [-0.2, -0.15) is 0 Å². The van der Waals surface area contributed by atoms with Crippen LogP contribution in [-0.4, -0.2) is 20.6 Å². The zero-order valence-corrected chi connectivity index (χ0v) is 11.7. The highest BCUT2D eigenvalue weighted by Gasteiger charge is 2.07. The molecule has 0 radical (unpaired) electrons. The number of halogens is 1. The number of carboxylic acids is 1. The first-order chi connectivity index (χ1) is 10.1. The van der Waals surface area contributed by atoms with Crippen molar-refractivity contribution in [3.8, 4) is 16.8 Å². The lowest BCUT2D eigenvalue weighted by Crippen LogP contribution is -1.95. The van der Waals surface area contributed by atoms with Crippen LogP contribution in [0.4, 0.5) is 0 Å². The zero-order chi connectivity index (χ0) is 14.8. The molecule has 104 valence electrons. The van der Waals surface area contributed by atoms with Crippen LogP contribution in [0.3, 0.4) is 0 Å². The SMILES string of the molecule is O=C(O)c1ccc(-c2ccc(-n3ccnc3)cc2Cl)cc1. The van der Waals surface area contributed by atoms with Crippen LogP contribution in [0.2, 0.25) is 5.02 Å². The normalized spacial score (nSPS) is 10.5. The molecule has 3 rings (SSSR count). The molecule has 0 saturated heterocycles. The molecular weight excluding hydrogens is 288 g/mol. The van der Waals surface area contributed by atoms with Gasteiger partial charge in [-0.05, 0) is 29.8 Å². The topological polar surface area (TPSA) is 55.1 Å². The van der Waals surface area contributed by atoms with Crippen molar-refractivity contribution >= 4 is 17.6 Å². The Bertz CT molecular complexity index is 781. The van der Waals surface area contributed by atoms with E-state index in [1.165, 1.54) is 0 Å². The van der Waals surface area contributed by atoms with Gasteiger partial charge in [-0.3, -0.25) is 0 Å². The number of aromatic carboxylic acids is 1. The molecule has 0 amide bonds. The highest BCUT2D eigenvalue weighted by atomic mass is 35.5. The van der Waals surface area contributed by atoms with Crippen molar-refractivity contribution in [1.29, 1.82) is 0 Å². The van der Waals surface area contributed by atoms with E-state index in [1.807, 2.05) is 29.0 Å². The molecule has 0 fully saturated rings. The molecular formula is C16H11ClN2O2. The van der Waals surface area contributed by atoms with Crippen molar-refractivity contribution in [2.24, 2.45) is 0 Å². The van der Waals surface area contributed by atoms with Crippen molar-refractivity contribution < 1.29 is 9.90 Å². The Morgan fingerprint density at radius 1 is 1.14 bits per heavy atom. The Morgan fingerprint density at radius 2 is 1.90 bits per heavy atom. The third-order valence-corrected chi connectivity index (χ3v) is 3.51. The molecule has 1 heterocycles. The van der Waals surface area contributed by atoms with Crippen molar-refractivity contribution in [2.75, 3.05) is 0 Å². The summed E-state index contributed by atoms with van der Waals surface area (Å²) < 4.78 is 1.86. The Morgan fingerprint density at radius 3 is 2.48 bits per heavy atom. The van der Waals surface area contributed by atoms with Gasteiger partial charge < -0.3 is 9.67 Å². The van der Waals surface area contributed by atoms with Gasteiger partial charge in [0.15, 0.2) is 0 Å². The van der Waals surface area contributed by atoms with Crippen LogP contribution >= 0.6 is 11.6 Å². The predicted molar refractivity (Wildman–Crippen MR) is 81.0 cm³/mol. The summed E-state index contributed by atoms with van der Waals surface area (Å²) in [5, 5.41) is 9.51. The van der Waals surface area contributed by atoms with E-state index >= 15 is 0 Å². The van der Waals surface area contributed by atoms with Gasteiger partial charge in [0.05, 0.1) is 16.9 Å². The number of nitrogens with zero attached hydrogens (tertiary/aromatic N) is 2. The Labute approximate surface area is 126 Å². The monoisotopic (exact) mass is 298 g/mol. The van der Waals surface area contributed by atoms with Gasteiger partial charge in [-0.1, -0.05) is 29.8 Å². The molecule has 0 aliphatic rings. The maximum atomic E-state index is 10.9. The molecule has 0 unspecified atom stereocenters. The second-order valence-electron chi connectivity index (χ2n) is 4.52. The van der Waals surface area contributed by atoms with E-state index in [9.17, 15) is 4.79 Å². The molecule has 1 N–H and O–H groups in total.